The molecule has 3 heteroatoms. The Hall–Kier alpha value is -6.71. The minimum atomic E-state index is 0.863. The molecule has 10 rings (SSSR count). The monoisotopic (exact) mass is 638 g/mol. The van der Waals surface area contributed by atoms with E-state index in [4.69, 9.17) is 9.40 Å². The molecule has 0 N–H and O–H groups in total. The second-order valence-electron chi connectivity index (χ2n) is 12.9. The molecule has 234 valence electrons. The molecule has 2 heterocycles. The summed E-state index contributed by atoms with van der Waals surface area (Å²) in [6, 6.07) is 62.6. The van der Waals surface area contributed by atoms with Crippen LogP contribution >= 0.6 is 0 Å². The molecule has 0 bridgehead atoms. The van der Waals surface area contributed by atoms with Crippen molar-refractivity contribution in [2.75, 3.05) is 4.90 Å². The highest BCUT2D eigenvalue weighted by Crippen LogP contribution is 2.40. The van der Waals surface area contributed by atoms with E-state index in [1.807, 2.05) is 12.3 Å². The number of nitrogens with zero attached hydrogens (tertiary/aromatic N) is 2. The van der Waals surface area contributed by atoms with E-state index in [2.05, 4.69) is 175 Å². The first-order valence-electron chi connectivity index (χ1n) is 16.9. The van der Waals surface area contributed by atoms with Gasteiger partial charge in [-0.1, -0.05) is 109 Å². The minimum absolute atomic E-state index is 0.863. The maximum atomic E-state index is 6.51. The van der Waals surface area contributed by atoms with Crippen molar-refractivity contribution in [1.29, 1.82) is 0 Å². The number of rotatable bonds is 5. The quantitative estimate of drug-likeness (QED) is 0.188. The fourth-order valence-corrected chi connectivity index (χ4v) is 7.23. The lowest BCUT2D eigenvalue weighted by molar-refractivity contribution is 0.669. The minimum Gasteiger partial charge on any atom is -0.456 e. The number of fused-ring (bicyclic) bond motifs is 6. The molecular formula is C47H30N2O. The number of hydrogen-bond acceptors (Lipinski definition) is 3. The Kier molecular flexibility index (Phi) is 6.49. The molecule has 0 unspecified atom stereocenters. The fraction of sp³-hybridized carbons (Fsp3) is 0. The summed E-state index contributed by atoms with van der Waals surface area (Å²) in [5.74, 6) is 0. The summed E-state index contributed by atoms with van der Waals surface area (Å²) in [4.78, 5) is 7.07. The van der Waals surface area contributed by atoms with Gasteiger partial charge in [-0.05, 0) is 98.7 Å². The van der Waals surface area contributed by atoms with Gasteiger partial charge in [0.1, 0.15) is 11.2 Å². The molecule has 2 aromatic heterocycles. The summed E-state index contributed by atoms with van der Waals surface area (Å²) in [5, 5.41) is 9.43. The zero-order chi connectivity index (χ0) is 33.0. The van der Waals surface area contributed by atoms with Gasteiger partial charge in [0.25, 0.3) is 0 Å². The fourth-order valence-electron chi connectivity index (χ4n) is 7.23. The van der Waals surface area contributed by atoms with Gasteiger partial charge in [0, 0.05) is 51.0 Å². The first-order valence-corrected chi connectivity index (χ1v) is 16.9. The topological polar surface area (TPSA) is 29.3 Å². The standard InChI is InChI=1S/C47H30N2O/c1-2-8-34-25-38(14-13-31(34)7-1)32-15-19-40(20-16-32)49(41-21-17-33(18-22-41)45-27-36-10-5-6-12-39(36)30-48-45)42-23-24-43-44-26-35-9-3-4-11-37(35)28-46(44)50-47(43)29-42/h1-30H. The van der Waals surface area contributed by atoms with Gasteiger partial charge in [-0.15, -0.1) is 0 Å². The van der Waals surface area contributed by atoms with E-state index in [0.717, 1.165) is 55.6 Å². The lowest BCUT2D eigenvalue weighted by Gasteiger charge is -2.26. The summed E-state index contributed by atoms with van der Waals surface area (Å²) in [7, 11) is 0. The Morgan fingerprint density at radius 3 is 1.62 bits per heavy atom. The smallest absolute Gasteiger partial charge is 0.137 e. The number of anilines is 3. The Morgan fingerprint density at radius 1 is 0.360 bits per heavy atom. The molecule has 0 amide bonds. The average molecular weight is 639 g/mol. The number of aromatic nitrogens is 1. The maximum absolute atomic E-state index is 6.51. The zero-order valence-electron chi connectivity index (χ0n) is 27.1. The van der Waals surface area contributed by atoms with Crippen molar-refractivity contribution in [2.24, 2.45) is 0 Å². The van der Waals surface area contributed by atoms with Gasteiger partial charge in [-0.2, -0.15) is 0 Å². The molecule has 10 aromatic rings. The van der Waals surface area contributed by atoms with E-state index in [9.17, 15) is 0 Å². The first kappa shape index (κ1) is 28.3. The van der Waals surface area contributed by atoms with Crippen LogP contribution in [0.25, 0.3) is 76.6 Å². The van der Waals surface area contributed by atoms with Crippen LogP contribution in [0.5, 0.6) is 0 Å². The normalized spacial score (nSPS) is 11.6. The molecule has 0 radical (unpaired) electrons. The Morgan fingerprint density at radius 2 is 0.900 bits per heavy atom. The molecule has 0 saturated carbocycles. The molecule has 0 aliphatic heterocycles. The van der Waals surface area contributed by atoms with Crippen LogP contribution in [0.2, 0.25) is 0 Å². The van der Waals surface area contributed by atoms with Crippen molar-refractivity contribution >= 4 is 71.3 Å². The van der Waals surface area contributed by atoms with Gasteiger partial charge < -0.3 is 9.32 Å². The SMILES string of the molecule is c1ccc2cc(-c3ccc(N(c4ccc(-c5cc6ccccc6cn5)cc4)c4ccc5c(c4)oc4cc6ccccc6cc45)cc3)ccc2c1. The third-order valence-electron chi connectivity index (χ3n) is 9.84. The molecule has 8 aromatic carbocycles. The van der Waals surface area contributed by atoms with E-state index in [0.29, 0.717) is 0 Å². The Balaban J connectivity index is 1.08. The summed E-state index contributed by atoms with van der Waals surface area (Å²) >= 11 is 0. The third-order valence-corrected chi connectivity index (χ3v) is 9.84. The highest BCUT2D eigenvalue weighted by molar-refractivity contribution is 6.11. The highest BCUT2D eigenvalue weighted by Gasteiger charge is 2.17. The Labute approximate surface area is 289 Å². The number of benzene rings is 8. The molecule has 3 nitrogen and oxygen atoms in total. The largest absolute Gasteiger partial charge is 0.456 e. The van der Waals surface area contributed by atoms with Gasteiger partial charge in [0.2, 0.25) is 0 Å². The van der Waals surface area contributed by atoms with E-state index in [1.54, 1.807) is 0 Å². The van der Waals surface area contributed by atoms with Crippen LogP contribution in [-0.4, -0.2) is 4.98 Å². The van der Waals surface area contributed by atoms with E-state index in [-0.39, 0.29) is 0 Å². The predicted octanol–water partition coefficient (Wildman–Crippen LogP) is 13.2. The van der Waals surface area contributed by atoms with E-state index >= 15 is 0 Å². The van der Waals surface area contributed by atoms with E-state index in [1.165, 1.54) is 38.1 Å². The van der Waals surface area contributed by atoms with Gasteiger partial charge >= 0.3 is 0 Å². The molecule has 0 spiro atoms. The van der Waals surface area contributed by atoms with Crippen LogP contribution in [0.1, 0.15) is 0 Å². The second kappa shape index (κ2) is 11.5. The van der Waals surface area contributed by atoms with Gasteiger partial charge in [-0.3, -0.25) is 4.98 Å². The lowest BCUT2D eigenvalue weighted by Crippen LogP contribution is -2.09. The van der Waals surface area contributed by atoms with Gasteiger partial charge in [-0.25, -0.2) is 0 Å². The van der Waals surface area contributed by atoms with Crippen LogP contribution in [0, 0.1) is 0 Å². The average Bonchev–Trinajstić information content (AvgIpc) is 3.53. The zero-order valence-corrected chi connectivity index (χ0v) is 27.1. The molecule has 0 saturated heterocycles. The van der Waals surface area contributed by atoms with Crippen LogP contribution < -0.4 is 4.90 Å². The molecule has 0 atom stereocenters. The van der Waals surface area contributed by atoms with Crippen molar-refractivity contribution in [1.82, 2.24) is 4.98 Å². The predicted molar refractivity (Wildman–Crippen MR) is 210 cm³/mol. The second-order valence-corrected chi connectivity index (χ2v) is 12.9. The van der Waals surface area contributed by atoms with Crippen LogP contribution in [0.4, 0.5) is 17.1 Å². The third kappa shape index (κ3) is 4.87. The lowest BCUT2D eigenvalue weighted by atomic mass is 10.0. The van der Waals surface area contributed by atoms with Crippen molar-refractivity contribution in [2.45, 2.75) is 0 Å². The van der Waals surface area contributed by atoms with Crippen LogP contribution in [0.3, 0.4) is 0 Å². The van der Waals surface area contributed by atoms with Crippen LogP contribution in [0.15, 0.2) is 187 Å². The molecule has 0 aliphatic carbocycles. The van der Waals surface area contributed by atoms with E-state index < -0.39 is 0 Å². The summed E-state index contributed by atoms with van der Waals surface area (Å²) in [6.07, 6.45) is 1.95. The number of hydrogen-bond donors (Lipinski definition) is 0. The number of pyridine rings is 1. The maximum Gasteiger partial charge on any atom is 0.137 e. The van der Waals surface area contributed by atoms with Crippen molar-refractivity contribution in [3.05, 3.63) is 182 Å². The van der Waals surface area contributed by atoms with Crippen molar-refractivity contribution in [3.8, 4) is 22.4 Å². The number of furan rings is 1. The van der Waals surface area contributed by atoms with Crippen LogP contribution in [-0.2, 0) is 0 Å². The Bertz CT molecular complexity index is 2750. The molecule has 0 aliphatic rings. The van der Waals surface area contributed by atoms with Gasteiger partial charge in [0.05, 0.1) is 5.69 Å². The van der Waals surface area contributed by atoms with Gasteiger partial charge in [0.15, 0.2) is 0 Å². The van der Waals surface area contributed by atoms with Crippen molar-refractivity contribution < 1.29 is 4.42 Å². The van der Waals surface area contributed by atoms with Crippen molar-refractivity contribution in [3.63, 3.8) is 0 Å². The summed E-state index contributed by atoms with van der Waals surface area (Å²) in [5.41, 5.74) is 9.31. The highest BCUT2D eigenvalue weighted by atomic mass is 16.3. The molecule has 50 heavy (non-hydrogen) atoms. The molecule has 0 fully saturated rings. The summed E-state index contributed by atoms with van der Waals surface area (Å²) in [6.45, 7) is 0. The first-order chi connectivity index (χ1) is 24.7. The summed E-state index contributed by atoms with van der Waals surface area (Å²) < 4.78 is 6.51. The molecular weight excluding hydrogens is 609 g/mol.